The molecule has 2 saturated heterocycles. The Hall–Kier alpha value is -2.70. The number of hydrogen-bond donors (Lipinski definition) is 0. The van der Waals surface area contributed by atoms with Crippen LogP contribution in [0.4, 0.5) is 0 Å². The fraction of sp³-hybridized carbons (Fsp3) is 0.481. The lowest BCUT2D eigenvalue weighted by Crippen LogP contribution is -2.51. The number of ether oxygens (including phenoxy) is 2. The molecule has 3 aromatic rings. The van der Waals surface area contributed by atoms with Gasteiger partial charge in [0.25, 0.3) is 0 Å². The van der Waals surface area contributed by atoms with Crippen molar-refractivity contribution < 1.29 is 14.3 Å². The molecule has 0 spiro atoms. The van der Waals surface area contributed by atoms with Crippen LogP contribution in [-0.2, 0) is 26.1 Å². The van der Waals surface area contributed by atoms with E-state index in [-0.39, 0.29) is 11.8 Å². The molecule has 0 unspecified atom stereocenters. The van der Waals surface area contributed by atoms with Gasteiger partial charge in [0.15, 0.2) is 0 Å². The van der Waals surface area contributed by atoms with Crippen molar-refractivity contribution in [2.45, 2.75) is 38.5 Å². The van der Waals surface area contributed by atoms with Crippen molar-refractivity contribution in [3.05, 3.63) is 71.0 Å². The van der Waals surface area contributed by atoms with Crippen LogP contribution in [0, 0.1) is 19.8 Å². The van der Waals surface area contributed by atoms with Crippen molar-refractivity contribution in [3.63, 3.8) is 0 Å². The Kier molecular flexibility index (Phi) is 6.21. The Balaban J connectivity index is 1.42. The first-order chi connectivity index (χ1) is 16.0. The molecule has 2 aromatic heterocycles. The summed E-state index contributed by atoms with van der Waals surface area (Å²) in [5.74, 6) is 0.475. The van der Waals surface area contributed by atoms with Gasteiger partial charge in [0.05, 0.1) is 24.1 Å². The number of amides is 1. The monoisotopic (exact) mass is 447 g/mol. The van der Waals surface area contributed by atoms with Crippen LogP contribution in [-0.4, -0.2) is 59.9 Å². The number of hydrogen-bond acceptors (Lipinski definition) is 4. The van der Waals surface area contributed by atoms with Crippen molar-refractivity contribution in [1.29, 1.82) is 0 Å². The van der Waals surface area contributed by atoms with Crippen LogP contribution in [0.5, 0.6) is 0 Å². The quantitative estimate of drug-likeness (QED) is 0.612. The molecule has 2 aliphatic heterocycles. The molecule has 1 atom stereocenters. The van der Waals surface area contributed by atoms with Gasteiger partial charge in [-0.25, -0.2) is 4.52 Å². The number of benzene rings is 1. The summed E-state index contributed by atoms with van der Waals surface area (Å²) in [6.45, 7) is 8.06. The first kappa shape index (κ1) is 22.1. The van der Waals surface area contributed by atoms with E-state index in [1.165, 1.54) is 16.7 Å². The third-order valence-electron chi connectivity index (χ3n) is 7.19. The van der Waals surface area contributed by atoms with Gasteiger partial charge in [-0.15, -0.1) is 0 Å². The Morgan fingerprint density at radius 3 is 2.67 bits per heavy atom. The van der Waals surface area contributed by atoms with Crippen LogP contribution in [0.2, 0.25) is 0 Å². The first-order valence-electron chi connectivity index (χ1n) is 12.0. The lowest BCUT2D eigenvalue weighted by atomic mass is 9.72. The van der Waals surface area contributed by atoms with Crippen molar-refractivity contribution in [2.75, 3.05) is 39.5 Å². The molecule has 2 fully saturated rings. The molecule has 6 nitrogen and oxygen atoms in total. The van der Waals surface area contributed by atoms with Crippen LogP contribution in [0.3, 0.4) is 0 Å². The maximum absolute atomic E-state index is 14.2. The summed E-state index contributed by atoms with van der Waals surface area (Å²) in [4.78, 5) is 16.3. The summed E-state index contributed by atoms with van der Waals surface area (Å²) >= 11 is 0. The third kappa shape index (κ3) is 4.42. The number of fused-ring (bicyclic) bond motifs is 1. The molecule has 1 amide bonds. The number of pyridine rings is 1. The lowest BCUT2D eigenvalue weighted by molar-refractivity contribution is -0.141. The van der Waals surface area contributed by atoms with Crippen molar-refractivity contribution in [1.82, 2.24) is 14.5 Å². The highest BCUT2D eigenvalue weighted by Crippen LogP contribution is 2.38. The summed E-state index contributed by atoms with van der Waals surface area (Å²) in [5.41, 5.74) is 5.39. The minimum Gasteiger partial charge on any atom is -0.381 e. The zero-order valence-electron chi connectivity index (χ0n) is 19.6. The largest absolute Gasteiger partial charge is 0.381 e. The van der Waals surface area contributed by atoms with E-state index in [1.807, 2.05) is 29.0 Å². The van der Waals surface area contributed by atoms with Crippen LogP contribution in [0.1, 0.15) is 35.1 Å². The average molecular weight is 448 g/mol. The summed E-state index contributed by atoms with van der Waals surface area (Å²) < 4.78 is 13.6. The molecule has 0 N–H and O–H groups in total. The van der Waals surface area contributed by atoms with E-state index in [0.717, 1.165) is 30.3 Å². The second-order valence-corrected chi connectivity index (χ2v) is 9.66. The Bertz CT molecular complexity index is 1110. The molecule has 0 saturated carbocycles. The summed E-state index contributed by atoms with van der Waals surface area (Å²) in [6, 6.07) is 12.8. The molecule has 5 rings (SSSR count). The zero-order chi connectivity index (χ0) is 22.8. The SMILES string of the molecule is Cc1cc(C)cc(C2(C(=O)N3CCOC[C@@H](Cc4cccn5nccc45)C3)CCOCC2)c1. The average Bonchev–Trinajstić information content (AvgIpc) is 3.18. The van der Waals surface area contributed by atoms with Crippen LogP contribution in [0.15, 0.2) is 48.8 Å². The van der Waals surface area contributed by atoms with E-state index in [4.69, 9.17) is 9.47 Å². The van der Waals surface area contributed by atoms with Crippen molar-refractivity contribution in [2.24, 2.45) is 5.92 Å². The first-order valence-corrected chi connectivity index (χ1v) is 12.0. The van der Waals surface area contributed by atoms with Gasteiger partial charge in [0, 0.05) is 44.6 Å². The Morgan fingerprint density at radius 2 is 1.88 bits per heavy atom. The molecule has 1 aromatic carbocycles. The number of nitrogens with zero attached hydrogens (tertiary/aromatic N) is 3. The Labute approximate surface area is 195 Å². The van der Waals surface area contributed by atoms with Gasteiger partial charge < -0.3 is 14.4 Å². The van der Waals surface area contributed by atoms with Gasteiger partial charge >= 0.3 is 0 Å². The van der Waals surface area contributed by atoms with Crippen molar-refractivity contribution in [3.8, 4) is 0 Å². The molecule has 6 heteroatoms. The van der Waals surface area contributed by atoms with Gasteiger partial charge in [-0.3, -0.25) is 4.79 Å². The zero-order valence-corrected chi connectivity index (χ0v) is 19.6. The van der Waals surface area contributed by atoms with Crippen LogP contribution in [0.25, 0.3) is 5.52 Å². The standard InChI is InChI=1S/C27H33N3O3/c1-20-14-21(2)16-24(15-20)27(6-11-32-12-7-27)26(31)29-10-13-33-19-22(18-29)17-23-4-3-9-30-25(23)5-8-28-30/h3-5,8-9,14-16,22H,6-7,10-13,17-19H2,1-2H3/t22-/m0/s1. The van der Waals surface area contributed by atoms with Gasteiger partial charge in [-0.2, -0.15) is 5.10 Å². The number of aromatic nitrogens is 2. The number of rotatable bonds is 4. The Morgan fingerprint density at radius 1 is 1.09 bits per heavy atom. The van der Waals surface area contributed by atoms with Gasteiger partial charge in [0.1, 0.15) is 0 Å². The summed E-state index contributed by atoms with van der Waals surface area (Å²) in [6.07, 6.45) is 6.12. The van der Waals surface area contributed by atoms with Crippen LogP contribution < -0.4 is 0 Å². The predicted octanol–water partition coefficient (Wildman–Crippen LogP) is 3.72. The molecule has 0 bridgehead atoms. The highest BCUT2D eigenvalue weighted by Gasteiger charge is 2.44. The predicted molar refractivity (Wildman–Crippen MR) is 127 cm³/mol. The third-order valence-corrected chi connectivity index (χ3v) is 7.19. The highest BCUT2D eigenvalue weighted by atomic mass is 16.5. The minimum atomic E-state index is -0.518. The second kappa shape index (κ2) is 9.27. The molecular weight excluding hydrogens is 414 g/mol. The van der Waals surface area contributed by atoms with Gasteiger partial charge in [0.2, 0.25) is 5.91 Å². The molecule has 0 aliphatic carbocycles. The molecule has 33 heavy (non-hydrogen) atoms. The van der Waals surface area contributed by atoms with E-state index in [0.29, 0.717) is 39.5 Å². The van der Waals surface area contributed by atoms with E-state index >= 15 is 0 Å². The topological polar surface area (TPSA) is 56.1 Å². The maximum Gasteiger partial charge on any atom is 0.233 e. The second-order valence-electron chi connectivity index (χ2n) is 9.66. The van der Waals surface area contributed by atoms with Crippen LogP contribution >= 0.6 is 0 Å². The normalized spacial score (nSPS) is 21.2. The number of aryl methyl sites for hydroxylation is 2. The fourth-order valence-electron chi connectivity index (χ4n) is 5.58. The fourth-order valence-corrected chi connectivity index (χ4v) is 5.58. The minimum absolute atomic E-state index is 0.230. The van der Waals surface area contributed by atoms with Gasteiger partial charge in [-0.05, 0) is 56.4 Å². The van der Waals surface area contributed by atoms with E-state index in [2.05, 4.69) is 48.1 Å². The molecule has 0 radical (unpaired) electrons. The smallest absolute Gasteiger partial charge is 0.233 e. The highest BCUT2D eigenvalue weighted by molar-refractivity contribution is 5.88. The summed E-state index contributed by atoms with van der Waals surface area (Å²) in [7, 11) is 0. The van der Waals surface area contributed by atoms with Crippen molar-refractivity contribution >= 4 is 11.4 Å². The van der Waals surface area contributed by atoms with E-state index in [9.17, 15) is 4.79 Å². The van der Waals surface area contributed by atoms with E-state index in [1.54, 1.807) is 0 Å². The van der Waals surface area contributed by atoms with E-state index < -0.39 is 5.41 Å². The molecular formula is C27H33N3O3. The number of carbonyl (C=O) groups excluding carboxylic acids is 1. The molecule has 174 valence electrons. The summed E-state index contributed by atoms with van der Waals surface area (Å²) in [5, 5.41) is 4.36. The lowest BCUT2D eigenvalue weighted by Gasteiger charge is -2.40. The van der Waals surface area contributed by atoms with Gasteiger partial charge in [-0.1, -0.05) is 35.4 Å². The molecule has 2 aliphatic rings. The maximum atomic E-state index is 14.2. The number of carbonyl (C=O) groups is 1. The molecule has 4 heterocycles.